The fourth-order valence-corrected chi connectivity index (χ4v) is 4.29. The third kappa shape index (κ3) is 5.10. The molecule has 7 heteroatoms. The molecule has 0 fully saturated rings. The molecule has 1 aliphatic rings. The molecule has 0 heterocycles. The summed E-state index contributed by atoms with van der Waals surface area (Å²) in [7, 11) is 0. The van der Waals surface area contributed by atoms with Gasteiger partial charge in [-0.2, -0.15) is 0 Å². The zero-order valence-corrected chi connectivity index (χ0v) is 18.7. The van der Waals surface area contributed by atoms with Crippen molar-refractivity contribution in [1.29, 1.82) is 0 Å². The SMILES string of the molecule is CCCC(C)(NC(=O)OCC1c2ccccc2-c2ccccc21)C(=O)N[C@H](C)CC(=O)O. The van der Waals surface area contributed by atoms with Crippen molar-refractivity contribution < 1.29 is 24.2 Å². The fourth-order valence-electron chi connectivity index (χ4n) is 4.29. The second-order valence-electron chi connectivity index (χ2n) is 8.51. The lowest BCUT2D eigenvalue weighted by Gasteiger charge is -2.30. The van der Waals surface area contributed by atoms with Gasteiger partial charge in [0.15, 0.2) is 0 Å². The van der Waals surface area contributed by atoms with Crippen molar-refractivity contribution in [3.05, 3.63) is 59.7 Å². The first-order chi connectivity index (χ1) is 15.2. The highest BCUT2D eigenvalue weighted by atomic mass is 16.5. The molecule has 2 amide bonds. The molecule has 0 saturated carbocycles. The highest BCUT2D eigenvalue weighted by Gasteiger charge is 2.36. The van der Waals surface area contributed by atoms with Crippen molar-refractivity contribution in [3.8, 4) is 11.1 Å². The van der Waals surface area contributed by atoms with Crippen molar-refractivity contribution >= 4 is 18.0 Å². The van der Waals surface area contributed by atoms with E-state index >= 15 is 0 Å². The van der Waals surface area contributed by atoms with Crippen molar-refractivity contribution in [2.45, 2.75) is 57.5 Å². The molecule has 2 atom stereocenters. The molecule has 3 rings (SSSR count). The summed E-state index contributed by atoms with van der Waals surface area (Å²) >= 11 is 0. The molecule has 1 unspecified atom stereocenters. The Kier molecular flexibility index (Phi) is 7.18. The van der Waals surface area contributed by atoms with Gasteiger partial charge in [-0.15, -0.1) is 0 Å². The number of nitrogens with one attached hydrogen (secondary N) is 2. The molecule has 3 N–H and O–H groups in total. The molecule has 1 aliphatic carbocycles. The van der Waals surface area contributed by atoms with Crippen LogP contribution in [0.15, 0.2) is 48.5 Å². The molecule has 170 valence electrons. The first-order valence-electron chi connectivity index (χ1n) is 10.9. The van der Waals surface area contributed by atoms with E-state index in [1.807, 2.05) is 43.3 Å². The average Bonchev–Trinajstić information content (AvgIpc) is 3.05. The van der Waals surface area contributed by atoms with E-state index in [0.29, 0.717) is 12.8 Å². The van der Waals surface area contributed by atoms with Crippen LogP contribution in [-0.4, -0.2) is 41.3 Å². The number of fused-ring (bicyclic) bond motifs is 3. The van der Waals surface area contributed by atoms with Crippen LogP contribution in [0.25, 0.3) is 11.1 Å². The maximum atomic E-state index is 12.8. The number of rotatable bonds is 9. The Bertz CT molecular complexity index is 960. The van der Waals surface area contributed by atoms with Crippen molar-refractivity contribution in [3.63, 3.8) is 0 Å². The van der Waals surface area contributed by atoms with E-state index in [9.17, 15) is 14.4 Å². The third-order valence-corrected chi connectivity index (χ3v) is 5.83. The molecule has 0 radical (unpaired) electrons. The van der Waals surface area contributed by atoms with E-state index in [2.05, 4.69) is 22.8 Å². The molecule has 7 nitrogen and oxygen atoms in total. The number of carbonyl (C=O) groups excluding carboxylic acids is 2. The summed E-state index contributed by atoms with van der Waals surface area (Å²) in [6, 6.07) is 15.6. The highest BCUT2D eigenvalue weighted by molar-refractivity contribution is 5.90. The number of carboxylic acid groups (broad SMARTS) is 1. The van der Waals surface area contributed by atoms with Crippen molar-refractivity contribution in [2.75, 3.05) is 6.61 Å². The summed E-state index contributed by atoms with van der Waals surface area (Å²) in [6.45, 7) is 5.30. The lowest BCUT2D eigenvalue weighted by atomic mass is 9.94. The smallest absolute Gasteiger partial charge is 0.408 e. The van der Waals surface area contributed by atoms with Gasteiger partial charge in [-0.1, -0.05) is 61.9 Å². The maximum Gasteiger partial charge on any atom is 0.408 e. The Balaban J connectivity index is 1.67. The van der Waals surface area contributed by atoms with Crippen LogP contribution in [-0.2, 0) is 14.3 Å². The summed E-state index contributed by atoms with van der Waals surface area (Å²) in [5.74, 6) is -1.50. The minimum atomic E-state index is -1.20. The van der Waals surface area contributed by atoms with E-state index in [-0.39, 0.29) is 18.9 Å². The molecule has 2 aromatic carbocycles. The molecule has 0 aliphatic heterocycles. The number of alkyl carbamates (subject to hydrolysis) is 1. The number of benzene rings is 2. The first-order valence-corrected chi connectivity index (χ1v) is 10.9. The van der Waals surface area contributed by atoms with Gasteiger partial charge >= 0.3 is 12.1 Å². The topological polar surface area (TPSA) is 105 Å². The quantitative estimate of drug-likeness (QED) is 0.548. The largest absolute Gasteiger partial charge is 0.481 e. The average molecular weight is 439 g/mol. The van der Waals surface area contributed by atoms with E-state index in [4.69, 9.17) is 9.84 Å². The molecule has 0 spiro atoms. The predicted molar refractivity (Wildman–Crippen MR) is 121 cm³/mol. The van der Waals surface area contributed by atoms with Gasteiger partial charge in [0.1, 0.15) is 12.1 Å². The normalized spacial score (nSPS) is 15.1. The van der Waals surface area contributed by atoms with E-state index in [1.54, 1.807) is 13.8 Å². The predicted octanol–water partition coefficient (Wildman–Crippen LogP) is 4.06. The van der Waals surface area contributed by atoms with E-state index in [0.717, 1.165) is 22.3 Å². The Labute approximate surface area is 188 Å². The number of carboxylic acids is 1. The van der Waals surface area contributed by atoms with Crippen molar-refractivity contribution in [1.82, 2.24) is 10.6 Å². The number of hydrogen-bond donors (Lipinski definition) is 3. The van der Waals surface area contributed by atoms with Gasteiger partial charge in [-0.3, -0.25) is 9.59 Å². The van der Waals surface area contributed by atoms with Gasteiger partial charge in [-0.05, 0) is 42.5 Å². The molecule has 32 heavy (non-hydrogen) atoms. The van der Waals surface area contributed by atoms with Crippen LogP contribution in [0.3, 0.4) is 0 Å². The Morgan fingerprint density at radius 3 is 2.16 bits per heavy atom. The Morgan fingerprint density at radius 2 is 1.62 bits per heavy atom. The fraction of sp³-hybridized carbons (Fsp3) is 0.400. The van der Waals surface area contributed by atoms with Crippen LogP contribution in [0, 0.1) is 0 Å². The van der Waals surface area contributed by atoms with Crippen LogP contribution in [0.4, 0.5) is 4.79 Å². The summed E-state index contributed by atoms with van der Waals surface area (Å²) in [5.41, 5.74) is 3.29. The maximum absolute atomic E-state index is 12.8. The number of hydrogen-bond acceptors (Lipinski definition) is 4. The van der Waals surface area contributed by atoms with Gasteiger partial charge in [-0.25, -0.2) is 4.79 Å². The van der Waals surface area contributed by atoms with Crippen LogP contribution in [0.5, 0.6) is 0 Å². The summed E-state index contributed by atoms with van der Waals surface area (Å²) in [5, 5.41) is 14.3. The Morgan fingerprint density at radius 1 is 1.06 bits per heavy atom. The molecule has 2 aromatic rings. The highest BCUT2D eigenvalue weighted by Crippen LogP contribution is 2.44. The van der Waals surface area contributed by atoms with Crippen LogP contribution < -0.4 is 10.6 Å². The van der Waals surface area contributed by atoms with E-state index in [1.165, 1.54) is 0 Å². The standard InChI is InChI=1S/C25H30N2O5/c1-4-13-25(3,23(30)26-16(2)14-22(28)29)27-24(31)32-15-21-19-11-7-5-9-17(19)18-10-6-8-12-20(18)21/h5-12,16,21H,4,13-15H2,1-3H3,(H,26,30)(H,27,31)(H,28,29)/t16-,25?/m1/s1. The zero-order chi connectivity index (χ0) is 23.3. The summed E-state index contributed by atoms with van der Waals surface area (Å²) < 4.78 is 5.58. The lowest BCUT2D eigenvalue weighted by Crippen LogP contribution is -2.58. The van der Waals surface area contributed by atoms with Gasteiger partial charge in [0.05, 0.1) is 6.42 Å². The van der Waals surface area contributed by atoms with Gasteiger partial charge in [0.25, 0.3) is 0 Å². The second kappa shape index (κ2) is 9.85. The number of aliphatic carboxylic acids is 1. The third-order valence-electron chi connectivity index (χ3n) is 5.83. The van der Waals surface area contributed by atoms with Crippen molar-refractivity contribution in [2.24, 2.45) is 0 Å². The molecular formula is C25H30N2O5. The lowest BCUT2D eigenvalue weighted by molar-refractivity contribution is -0.137. The molecule has 0 saturated heterocycles. The van der Waals surface area contributed by atoms with Gasteiger partial charge in [0.2, 0.25) is 5.91 Å². The minimum absolute atomic E-state index is 0.0741. The Hall–Kier alpha value is -3.35. The second-order valence-corrected chi connectivity index (χ2v) is 8.51. The van der Waals surface area contributed by atoms with Crippen LogP contribution in [0.1, 0.15) is 57.1 Å². The van der Waals surface area contributed by atoms with Crippen LogP contribution in [0.2, 0.25) is 0 Å². The monoisotopic (exact) mass is 438 g/mol. The molecular weight excluding hydrogens is 408 g/mol. The number of amides is 2. The van der Waals surface area contributed by atoms with E-state index < -0.39 is 29.6 Å². The number of carbonyl (C=O) groups is 3. The van der Waals surface area contributed by atoms with Crippen LogP contribution >= 0.6 is 0 Å². The molecule has 0 aromatic heterocycles. The summed E-state index contributed by atoms with van der Waals surface area (Å²) in [6.07, 6.45) is 0.173. The zero-order valence-electron chi connectivity index (χ0n) is 18.7. The van der Waals surface area contributed by atoms with Gasteiger partial charge in [0, 0.05) is 12.0 Å². The molecule has 0 bridgehead atoms. The first kappa shape index (κ1) is 23.3. The summed E-state index contributed by atoms with van der Waals surface area (Å²) in [4.78, 5) is 36.4. The number of ether oxygens (including phenoxy) is 1. The van der Waals surface area contributed by atoms with Gasteiger partial charge < -0.3 is 20.5 Å². The minimum Gasteiger partial charge on any atom is -0.481 e.